The SMILES string of the molecule is O=P(/N=C1/CCc2ccccc21)(c1ccccc1)c1ccccc1. The van der Waals surface area contributed by atoms with Gasteiger partial charge >= 0.3 is 0 Å². The summed E-state index contributed by atoms with van der Waals surface area (Å²) in [5, 5.41) is 1.57. The lowest BCUT2D eigenvalue weighted by Gasteiger charge is -2.16. The Hall–Kier alpha value is -2.44. The topological polar surface area (TPSA) is 29.4 Å². The van der Waals surface area contributed by atoms with Gasteiger partial charge in [0.2, 0.25) is 7.29 Å². The van der Waals surface area contributed by atoms with E-state index in [-0.39, 0.29) is 0 Å². The van der Waals surface area contributed by atoms with Crippen LogP contribution in [0.15, 0.2) is 89.7 Å². The maximum Gasteiger partial charge on any atom is 0.247 e. The molecule has 0 aromatic heterocycles. The molecule has 118 valence electrons. The fourth-order valence-electron chi connectivity index (χ4n) is 3.21. The average molecular weight is 331 g/mol. The van der Waals surface area contributed by atoms with Crippen molar-refractivity contribution in [1.82, 2.24) is 0 Å². The van der Waals surface area contributed by atoms with E-state index in [0.29, 0.717) is 0 Å². The van der Waals surface area contributed by atoms with Crippen LogP contribution in [0.1, 0.15) is 17.5 Å². The second kappa shape index (κ2) is 6.22. The number of benzene rings is 3. The molecule has 0 amide bonds. The van der Waals surface area contributed by atoms with E-state index >= 15 is 0 Å². The molecule has 24 heavy (non-hydrogen) atoms. The molecule has 0 spiro atoms. The summed E-state index contributed by atoms with van der Waals surface area (Å²) in [6.07, 6.45) is 1.82. The quantitative estimate of drug-likeness (QED) is 0.656. The van der Waals surface area contributed by atoms with Gasteiger partial charge in [-0.2, -0.15) is 0 Å². The van der Waals surface area contributed by atoms with Crippen LogP contribution in [0.3, 0.4) is 0 Å². The molecule has 0 saturated carbocycles. The van der Waals surface area contributed by atoms with Crippen LogP contribution in [-0.2, 0) is 11.0 Å². The molecule has 3 aromatic carbocycles. The number of hydrogen-bond acceptors (Lipinski definition) is 1. The van der Waals surface area contributed by atoms with Crippen molar-refractivity contribution in [1.29, 1.82) is 0 Å². The average Bonchev–Trinajstić information content (AvgIpc) is 3.06. The van der Waals surface area contributed by atoms with Gasteiger partial charge in [0.1, 0.15) is 0 Å². The first-order chi connectivity index (χ1) is 11.8. The van der Waals surface area contributed by atoms with Crippen LogP contribution >= 0.6 is 7.29 Å². The summed E-state index contributed by atoms with van der Waals surface area (Å²) in [6.45, 7) is 0. The van der Waals surface area contributed by atoms with E-state index in [1.807, 2.05) is 66.7 Å². The van der Waals surface area contributed by atoms with Gasteiger partial charge in [-0.25, -0.2) is 4.76 Å². The zero-order chi connectivity index (χ0) is 16.4. The van der Waals surface area contributed by atoms with Crippen molar-refractivity contribution in [3.8, 4) is 0 Å². The van der Waals surface area contributed by atoms with E-state index in [2.05, 4.69) is 18.2 Å². The zero-order valence-corrected chi connectivity index (χ0v) is 14.2. The van der Waals surface area contributed by atoms with E-state index in [4.69, 9.17) is 4.76 Å². The van der Waals surface area contributed by atoms with Crippen LogP contribution in [-0.4, -0.2) is 5.71 Å². The molecule has 0 radical (unpaired) electrons. The third-order valence-electron chi connectivity index (χ3n) is 4.43. The molecule has 0 heterocycles. The smallest absolute Gasteiger partial charge is 0.247 e. The molecular weight excluding hydrogens is 313 g/mol. The highest BCUT2D eigenvalue weighted by atomic mass is 31.2. The Morgan fingerprint density at radius 3 is 1.83 bits per heavy atom. The predicted molar refractivity (Wildman–Crippen MR) is 101 cm³/mol. The monoisotopic (exact) mass is 331 g/mol. The van der Waals surface area contributed by atoms with Gasteiger partial charge in [-0.05, 0) is 48.2 Å². The molecule has 1 aliphatic rings. The zero-order valence-electron chi connectivity index (χ0n) is 13.3. The van der Waals surface area contributed by atoms with Crippen molar-refractivity contribution in [2.24, 2.45) is 4.76 Å². The Kier molecular flexibility index (Phi) is 3.92. The van der Waals surface area contributed by atoms with Crippen molar-refractivity contribution in [2.75, 3.05) is 0 Å². The van der Waals surface area contributed by atoms with Crippen molar-refractivity contribution in [3.05, 3.63) is 96.1 Å². The second-order valence-corrected chi connectivity index (χ2v) is 8.34. The normalized spacial score (nSPS) is 15.4. The Bertz CT molecular complexity index is 889. The third-order valence-corrected chi connectivity index (χ3v) is 6.95. The van der Waals surface area contributed by atoms with Gasteiger partial charge in [0.15, 0.2) is 0 Å². The van der Waals surface area contributed by atoms with Crippen molar-refractivity contribution in [3.63, 3.8) is 0 Å². The fourth-order valence-corrected chi connectivity index (χ4v) is 5.44. The van der Waals surface area contributed by atoms with Crippen LogP contribution in [0.25, 0.3) is 0 Å². The van der Waals surface area contributed by atoms with Crippen LogP contribution in [0, 0.1) is 0 Å². The molecule has 4 rings (SSSR count). The highest BCUT2D eigenvalue weighted by molar-refractivity contribution is 7.77. The van der Waals surface area contributed by atoms with Gasteiger partial charge in [0, 0.05) is 10.6 Å². The van der Waals surface area contributed by atoms with Crippen LogP contribution in [0.2, 0.25) is 0 Å². The molecule has 0 N–H and O–H groups in total. The lowest BCUT2D eigenvalue weighted by molar-refractivity contribution is 0.588. The molecule has 0 unspecified atom stereocenters. The number of aryl methyl sites for hydroxylation is 1. The van der Waals surface area contributed by atoms with Gasteiger partial charge in [0.05, 0.1) is 5.71 Å². The van der Waals surface area contributed by atoms with Crippen LogP contribution in [0.4, 0.5) is 0 Å². The standard InChI is InChI=1S/C21H18NOP/c23-24(18-10-3-1-4-11-18,19-12-5-2-6-13-19)22-21-16-15-17-9-7-8-14-20(17)21/h1-14H,15-16H2/b22-21-. The summed E-state index contributed by atoms with van der Waals surface area (Å²) in [7, 11) is -3.04. The molecule has 0 atom stereocenters. The highest BCUT2D eigenvalue weighted by Gasteiger charge is 2.29. The summed E-state index contributed by atoms with van der Waals surface area (Å²) >= 11 is 0. The first-order valence-electron chi connectivity index (χ1n) is 8.16. The maximum atomic E-state index is 14.0. The number of hydrogen-bond donors (Lipinski definition) is 0. The number of fused-ring (bicyclic) bond motifs is 1. The molecule has 2 nitrogen and oxygen atoms in total. The Morgan fingerprint density at radius 1 is 0.667 bits per heavy atom. The van der Waals surface area contributed by atoms with Crippen LogP contribution in [0.5, 0.6) is 0 Å². The molecule has 0 fully saturated rings. The lowest BCUT2D eigenvalue weighted by Crippen LogP contribution is -2.15. The molecule has 1 aliphatic carbocycles. The molecule has 3 heteroatoms. The largest absolute Gasteiger partial charge is 0.288 e. The Labute approximate surface area is 142 Å². The highest BCUT2D eigenvalue weighted by Crippen LogP contribution is 2.46. The molecule has 0 saturated heterocycles. The van der Waals surface area contributed by atoms with Gasteiger partial charge < -0.3 is 0 Å². The first kappa shape index (κ1) is 15.1. The van der Waals surface area contributed by atoms with Crippen molar-refractivity contribution >= 4 is 23.6 Å². The van der Waals surface area contributed by atoms with Gasteiger partial charge in [-0.3, -0.25) is 4.57 Å². The van der Waals surface area contributed by atoms with Gasteiger partial charge in [0.25, 0.3) is 0 Å². The van der Waals surface area contributed by atoms with E-state index in [1.54, 1.807) is 0 Å². The van der Waals surface area contributed by atoms with Crippen molar-refractivity contribution < 1.29 is 4.57 Å². The first-order valence-corrected chi connectivity index (χ1v) is 9.82. The molecule has 3 aromatic rings. The minimum Gasteiger partial charge on any atom is -0.288 e. The van der Waals surface area contributed by atoms with Gasteiger partial charge in [-0.1, -0.05) is 60.7 Å². The predicted octanol–water partition coefficient (Wildman–Crippen LogP) is 4.35. The van der Waals surface area contributed by atoms with Gasteiger partial charge in [-0.15, -0.1) is 0 Å². The third kappa shape index (κ3) is 2.64. The summed E-state index contributed by atoms with van der Waals surface area (Å²) in [5.41, 5.74) is 3.40. The Morgan fingerprint density at radius 2 is 1.21 bits per heavy atom. The molecule has 0 aliphatic heterocycles. The fraction of sp³-hybridized carbons (Fsp3) is 0.0952. The van der Waals surface area contributed by atoms with E-state index in [9.17, 15) is 4.57 Å². The van der Waals surface area contributed by atoms with Crippen molar-refractivity contribution in [2.45, 2.75) is 12.8 Å². The van der Waals surface area contributed by atoms with E-state index in [0.717, 1.165) is 34.7 Å². The lowest BCUT2D eigenvalue weighted by atomic mass is 10.1. The minimum atomic E-state index is -3.04. The van der Waals surface area contributed by atoms with E-state index < -0.39 is 7.29 Å². The van der Waals surface area contributed by atoms with Crippen LogP contribution < -0.4 is 10.6 Å². The summed E-state index contributed by atoms with van der Waals surface area (Å²) in [5.74, 6) is 0. The molecule has 0 bridgehead atoms. The number of rotatable bonds is 3. The Balaban J connectivity index is 1.90. The maximum absolute atomic E-state index is 14.0. The second-order valence-electron chi connectivity index (χ2n) is 5.95. The number of nitrogens with zero attached hydrogens (tertiary/aromatic N) is 1. The van der Waals surface area contributed by atoms with E-state index in [1.165, 1.54) is 5.56 Å². The summed E-state index contributed by atoms with van der Waals surface area (Å²) in [4.78, 5) is 0. The summed E-state index contributed by atoms with van der Waals surface area (Å²) < 4.78 is 18.9. The minimum absolute atomic E-state index is 0.785. The molecular formula is C21H18NOP. The summed E-state index contributed by atoms with van der Waals surface area (Å²) in [6, 6.07) is 27.5.